The second kappa shape index (κ2) is 25.2. The van der Waals surface area contributed by atoms with E-state index in [1.54, 1.807) is 14.0 Å². The lowest BCUT2D eigenvalue weighted by molar-refractivity contribution is 0.0527. The maximum atomic E-state index is 12.6. The third-order valence-corrected chi connectivity index (χ3v) is 16.1. The van der Waals surface area contributed by atoms with Crippen LogP contribution in [0.5, 0.6) is 0 Å². The van der Waals surface area contributed by atoms with E-state index in [1.807, 2.05) is 36.4 Å². The van der Waals surface area contributed by atoms with Gasteiger partial charge in [-0.2, -0.15) is 0 Å². The van der Waals surface area contributed by atoms with Crippen molar-refractivity contribution in [1.29, 1.82) is 0 Å². The number of ether oxygens (including phenoxy) is 1. The number of aromatic amines is 3. The standard InChI is InChI=1S/C22H26N4O3.C21H23N3O3.C19H19N3O3/c1-25(11-12-27)22(29)18-14-23-26-20(28)13-19(24-21(18)26)17-9-7-16(8-10-17)15-5-3-2-4-6-15;1-2-27-21(26)17-13-22-24-19(25)12-18(23-20(17)24)16-10-8-15(9-11-16)14-6-4-3-5-7-14;23-17-10-16(21-18-15(19(24)25)11-20-22(17)18)14-8-6-13(7-9-14)12-4-2-1-3-5-12/h7-10,13-15,23,27H,2-6,11-12H2,1H3;8-14,22H,2-7H2,1H3;6-12,20H,1-5H2,(H,24,25). The molecule has 5 N–H and O–H groups in total. The van der Waals surface area contributed by atoms with Gasteiger partial charge in [0, 0.05) is 67.1 Å². The number of aliphatic hydroxyl groups is 1. The number of hydrogen-bond donors (Lipinski definition) is 5. The normalized spacial score (nSPS) is 15.2. The van der Waals surface area contributed by atoms with Crippen molar-refractivity contribution in [2.75, 3.05) is 26.8 Å². The zero-order valence-electron chi connectivity index (χ0n) is 45.7. The fraction of sp³-hybridized carbons (Fsp3) is 0.371. The van der Waals surface area contributed by atoms with Crippen molar-refractivity contribution in [1.82, 2.24) is 48.7 Å². The van der Waals surface area contributed by atoms with E-state index in [0.717, 1.165) is 21.2 Å². The predicted molar refractivity (Wildman–Crippen MR) is 308 cm³/mol. The molecule has 420 valence electrons. The molecule has 0 atom stereocenters. The maximum Gasteiger partial charge on any atom is 0.343 e. The number of nitrogens with one attached hydrogen (secondary N) is 3. The summed E-state index contributed by atoms with van der Waals surface area (Å²) in [6.45, 7) is 2.09. The smallest absolute Gasteiger partial charge is 0.343 e. The summed E-state index contributed by atoms with van der Waals surface area (Å²) in [6.07, 6.45) is 23.4. The van der Waals surface area contributed by atoms with Crippen molar-refractivity contribution >= 4 is 34.8 Å². The highest BCUT2D eigenvalue weighted by Gasteiger charge is 2.23. The van der Waals surface area contributed by atoms with E-state index in [4.69, 9.17) is 9.84 Å². The van der Waals surface area contributed by atoms with Gasteiger partial charge in [0.1, 0.15) is 16.7 Å². The Morgan fingerprint density at radius 3 is 1.21 bits per heavy atom. The number of carbonyl (C=O) groups excluding carboxylic acids is 2. The first-order valence-electron chi connectivity index (χ1n) is 28.3. The van der Waals surface area contributed by atoms with Crippen LogP contribution >= 0.6 is 0 Å². The fourth-order valence-corrected chi connectivity index (χ4v) is 11.6. The summed E-state index contributed by atoms with van der Waals surface area (Å²) < 4.78 is 8.71. The number of hydrogen-bond acceptors (Lipinski definition) is 11. The van der Waals surface area contributed by atoms with Crippen LogP contribution in [0.3, 0.4) is 0 Å². The molecule has 6 heterocycles. The van der Waals surface area contributed by atoms with Crippen LogP contribution in [0.25, 0.3) is 50.7 Å². The van der Waals surface area contributed by atoms with Gasteiger partial charge in [0.05, 0.1) is 30.3 Å². The Kier molecular flexibility index (Phi) is 17.3. The van der Waals surface area contributed by atoms with Crippen LogP contribution in [0.4, 0.5) is 0 Å². The summed E-state index contributed by atoms with van der Waals surface area (Å²) in [6, 6.07) is 29.1. The molecule has 3 aromatic carbocycles. The molecular formula is C62H68N10O9. The van der Waals surface area contributed by atoms with E-state index in [2.05, 4.69) is 66.6 Å². The van der Waals surface area contributed by atoms with Crippen LogP contribution in [0.15, 0.2) is 124 Å². The average Bonchev–Trinajstić information content (AvgIpc) is 4.48. The van der Waals surface area contributed by atoms with Crippen molar-refractivity contribution in [3.05, 3.63) is 174 Å². The van der Waals surface area contributed by atoms with Crippen molar-refractivity contribution in [2.45, 2.75) is 121 Å². The summed E-state index contributed by atoms with van der Waals surface area (Å²) >= 11 is 0. The van der Waals surface area contributed by atoms with Gasteiger partial charge in [-0.15, -0.1) is 0 Å². The van der Waals surface area contributed by atoms with Crippen LogP contribution in [0, 0.1) is 0 Å². The van der Waals surface area contributed by atoms with E-state index >= 15 is 0 Å². The number of aliphatic hydroxyl groups excluding tert-OH is 1. The Labute approximate surface area is 466 Å². The first-order chi connectivity index (χ1) is 39.4. The zero-order valence-corrected chi connectivity index (χ0v) is 45.7. The molecule has 19 nitrogen and oxygen atoms in total. The Bertz CT molecular complexity index is 3850. The molecule has 0 bridgehead atoms. The van der Waals surface area contributed by atoms with Crippen molar-refractivity contribution in [3.63, 3.8) is 0 Å². The number of carboxylic acids is 1. The Hall–Kier alpha value is -8.71. The third-order valence-electron chi connectivity index (χ3n) is 16.1. The molecule has 0 aliphatic heterocycles. The highest BCUT2D eigenvalue weighted by Crippen LogP contribution is 2.36. The zero-order chi connectivity index (χ0) is 56.6. The summed E-state index contributed by atoms with van der Waals surface area (Å²) in [4.78, 5) is 88.1. The number of benzene rings is 3. The molecule has 9 aromatic rings. The van der Waals surface area contributed by atoms with Crippen LogP contribution < -0.4 is 16.7 Å². The average molecular weight is 1100 g/mol. The molecule has 19 heteroatoms. The van der Waals surface area contributed by atoms with Crippen molar-refractivity contribution < 1.29 is 29.3 Å². The monoisotopic (exact) mass is 1100 g/mol. The lowest BCUT2D eigenvalue weighted by Crippen LogP contribution is -2.29. The summed E-state index contributed by atoms with van der Waals surface area (Å²) in [7, 11) is 1.61. The second-order valence-electron chi connectivity index (χ2n) is 21.3. The summed E-state index contributed by atoms with van der Waals surface area (Å²) in [5, 5.41) is 26.5. The molecule has 0 radical (unpaired) electrons. The SMILES string of the molecule is CCOC(=O)c1c[nH]n2c(=O)cc(-c3ccc(C4CCCCC4)cc3)nc12.CN(CCO)C(=O)c1c[nH]n2c(=O)cc(-c3ccc(C4CCCCC4)cc3)nc12.O=C(O)c1c[nH]n2c(=O)cc(-c3ccc(C4CCCCC4)cc3)nc12. The van der Waals surface area contributed by atoms with Gasteiger partial charge < -0.3 is 19.8 Å². The number of nitrogens with zero attached hydrogens (tertiary/aromatic N) is 7. The minimum absolute atomic E-state index is 0.0159. The maximum absolute atomic E-state index is 12.6. The van der Waals surface area contributed by atoms with Gasteiger partial charge in [0.2, 0.25) is 0 Å². The van der Waals surface area contributed by atoms with Crippen LogP contribution in [-0.4, -0.2) is 104 Å². The van der Waals surface area contributed by atoms with E-state index in [0.29, 0.717) is 46.0 Å². The predicted octanol–water partition coefficient (Wildman–Crippen LogP) is 10.2. The van der Waals surface area contributed by atoms with Gasteiger partial charge in [0.15, 0.2) is 16.9 Å². The summed E-state index contributed by atoms with van der Waals surface area (Å²) in [5.74, 6) is -0.0335. The topological polar surface area (TPSA) is 255 Å². The van der Waals surface area contributed by atoms with Gasteiger partial charge in [-0.05, 0) is 79.9 Å². The Morgan fingerprint density at radius 2 is 0.864 bits per heavy atom. The minimum atomic E-state index is -1.12. The number of carboxylic acid groups (broad SMARTS) is 1. The molecule has 1 amide bonds. The lowest BCUT2D eigenvalue weighted by atomic mass is 9.84. The van der Waals surface area contributed by atoms with Crippen molar-refractivity contribution in [3.8, 4) is 33.8 Å². The number of aromatic nitrogens is 9. The molecule has 3 saturated carbocycles. The van der Waals surface area contributed by atoms with Gasteiger partial charge in [-0.1, -0.05) is 131 Å². The number of carbonyl (C=O) groups is 3. The molecule has 0 unspecified atom stereocenters. The number of rotatable bonds is 12. The Balaban J connectivity index is 0.000000137. The summed E-state index contributed by atoms with van der Waals surface area (Å²) in [5.41, 5.74) is 8.54. The van der Waals surface area contributed by atoms with E-state index < -0.39 is 11.9 Å². The van der Waals surface area contributed by atoms with Gasteiger partial charge in [-0.3, -0.25) is 34.5 Å². The van der Waals surface area contributed by atoms with Crippen LogP contribution in [0.1, 0.15) is 169 Å². The number of esters is 1. The molecule has 3 fully saturated rings. The molecule has 6 aromatic heterocycles. The number of H-pyrrole nitrogens is 3. The van der Waals surface area contributed by atoms with Crippen LogP contribution in [-0.2, 0) is 4.74 Å². The highest BCUT2D eigenvalue weighted by molar-refractivity contribution is 6.00. The number of amides is 1. The fourth-order valence-electron chi connectivity index (χ4n) is 11.6. The molecule has 3 aliphatic carbocycles. The molecule has 3 aliphatic rings. The first-order valence-corrected chi connectivity index (χ1v) is 28.3. The molecule has 0 saturated heterocycles. The number of fused-ring (bicyclic) bond motifs is 3. The van der Waals surface area contributed by atoms with Crippen LogP contribution in [0.2, 0.25) is 0 Å². The Morgan fingerprint density at radius 1 is 0.531 bits per heavy atom. The molecule has 81 heavy (non-hydrogen) atoms. The van der Waals surface area contributed by atoms with Gasteiger partial charge >= 0.3 is 11.9 Å². The van der Waals surface area contributed by atoms with E-state index in [1.165, 1.54) is 164 Å². The molecule has 12 rings (SSSR count). The van der Waals surface area contributed by atoms with E-state index in [-0.39, 0.29) is 64.8 Å². The number of aromatic carboxylic acids is 1. The third kappa shape index (κ3) is 12.4. The first kappa shape index (κ1) is 55.6. The molecular weight excluding hydrogens is 1030 g/mol. The van der Waals surface area contributed by atoms with Gasteiger partial charge in [0.25, 0.3) is 22.6 Å². The minimum Gasteiger partial charge on any atom is -0.477 e. The molecule has 0 spiro atoms. The highest BCUT2D eigenvalue weighted by atomic mass is 16.5. The number of likely N-dealkylation sites (N-methyl/N-ethyl adjacent to an activating group) is 1. The largest absolute Gasteiger partial charge is 0.477 e. The quantitative estimate of drug-likeness (QED) is 0.0717. The van der Waals surface area contributed by atoms with Gasteiger partial charge in [-0.25, -0.2) is 38.1 Å². The second-order valence-corrected chi connectivity index (χ2v) is 21.3. The van der Waals surface area contributed by atoms with E-state index in [9.17, 15) is 33.9 Å². The lowest BCUT2D eigenvalue weighted by Gasteiger charge is -2.22. The van der Waals surface area contributed by atoms with Crippen molar-refractivity contribution in [2.24, 2.45) is 0 Å².